The van der Waals surface area contributed by atoms with Gasteiger partial charge in [0.2, 0.25) is 10.9 Å². The maximum absolute atomic E-state index is 11.6. The third kappa shape index (κ3) is 2.02. The van der Waals surface area contributed by atoms with Crippen LogP contribution in [0.5, 0.6) is 0 Å². The second kappa shape index (κ2) is 4.41. The first-order chi connectivity index (χ1) is 8.02. The van der Waals surface area contributed by atoms with Gasteiger partial charge in [-0.25, -0.2) is 4.98 Å². The Morgan fingerprint density at radius 3 is 2.59 bits per heavy atom. The van der Waals surface area contributed by atoms with Crippen molar-refractivity contribution in [2.75, 3.05) is 11.9 Å². The van der Waals surface area contributed by atoms with Crippen LogP contribution in [0, 0.1) is 0 Å². The summed E-state index contributed by atoms with van der Waals surface area (Å²) in [5, 5.41) is 2.74. The second-order valence-corrected chi connectivity index (χ2v) is 5.27. The van der Waals surface area contributed by atoms with E-state index < -0.39 is 0 Å². The van der Waals surface area contributed by atoms with Crippen LogP contribution in [0.25, 0.3) is 0 Å². The van der Waals surface area contributed by atoms with Gasteiger partial charge in [0.25, 0.3) is 0 Å². The van der Waals surface area contributed by atoms with Crippen molar-refractivity contribution in [3.8, 4) is 0 Å². The molecule has 0 amide bonds. The monoisotopic (exact) mass is 250 g/mol. The van der Waals surface area contributed by atoms with E-state index in [1.54, 1.807) is 6.20 Å². The van der Waals surface area contributed by atoms with Crippen molar-refractivity contribution in [3.63, 3.8) is 0 Å². The van der Waals surface area contributed by atoms with E-state index in [1.165, 1.54) is 11.3 Å². The van der Waals surface area contributed by atoms with E-state index >= 15 is 0 Å². The normalized spacial score (nSPS) is 11.3. The zero-order chi connectivity index (χ0) is 12.6. The van der Waals surface area contributed by atoms with E-state index in [9.17, 15) is 9.59 Å². The van der Waals surface area contributed by atoms with Crippen LogP contribution in [0.1, 0.15) is 24.4 Å². The average molecular weight is 250 g/mol. The quantitative estimate of drug-likeness (QED) is 0.764. The van der Waals surface area contributed by atoms with Gasteiger partial charge in [-0.2, -0.15) is 0 Å². The van der Waals surface area contributed by atoms with E-state index in [-0.39, 0.29) is 16.9 Å². The molecule has 0 aliphatic carbocycles. The minimum Gasteiger partial charge on any atom is -0.369 e. The lowest BCUT2D eigenvalue weighted by Crippen LogP contribution is -2.44. The van der Waals surface area contributed by atoms with Crippen LogP contribution in [0.4, 0.5) is 5.69 Å². The summed E-state index contributed by atoms with van der Waals surface area (Å²) in [6, 6.07) is 0.202. The Morgan fingerprint density at radius 1 is 1.35 bits per heavy atom. The number of thiazole rings is 1. The Labute approximate surface area is 103 Å². The van der Waals surface area contributed by atoms with Gasteiger partial charge in [-0.05, 0) is 13.8 Å². The molecule has 0 atom stereocenters. The molecule has 0 radical (unpaired) electrons. The standard InChI is InChI=1S/C12H14N2O2S/c1-7(2)14(3)10-8(11(15)12(10)16)6-9-13-4-5-17-9/h4-5,7H,6H2,1-3H3. The molecule has 0 spiro atoms. The molecule has 90 valence electrons. The molecular formula is C12H14N2O2S. The Balaban J connectivity index is 2.33. The molecule has 0 unspecified atom stereocenters. The molecule has 0 aliphatic heterocycles. The van der Waals surface area contributed by atoms with Crippen LogP contribution in [-0.4, -0.2) is 18.1 Å². The second-order valence-electron chi connectivity index (χ2n) is 4.29. The van der Waals surface area contributed by atoms with E-state index in [2.05, 4.69) is 4.98 Å². The van der Waals surface area contributed by atoms with E-state index in [0.717, 1.165) is 5.01 Å². The van der Waals surface area contributed by atoms with Gasteiger partial charge in [-0.3, -0.25) is 9.59 Å². The molecule has 2 rings (SSSR count). The predicted molar refractivity (Wildman–Crippen MR) is 69.8 cm³/mol. The van der Waals surface area contributed by atoms with Crippen molar-refractivity contribution >= 4 is 17.0 Å². The van der Waals surface area contributed by atoms with Crippen LogP contribution in [-0.2, 0) is 6.42 Å². The first-order valence-corrected chi connectivity index (χ1v) is 6.33. The van der Waals surface area contributed by atoms with Gasteiger partial charge in [0.15, 0.2) is 0 Å². The van der Waals surface area contributed by atoms with Crippen molar-refractivity contribution in [2.24, 2.45) is 0 Å². The summed E-state index contributed by atoms with van der Waals surface area (Å²) >= 11 is 1.50. The Bertz CT molecular complexity index is 580. The summed E-state index contributed by atoms with van der Waals surface area (Å²) in [7, 11) is 1.84. The number of nitrogens with zero attached hydrogens (tertiary/aromatic N) is 2. The third-order valence-corrected chi connectivity index (χ3v) is 3.70. The molecule has 0 aliphatic rings. The van der Waals surface area contributed by atoms with Crippen LogP contribution in [0.3, 0.4) is 0 Å². The molecule has 5 heteroatoms. The Hall–Kier alpha value is -1.49. The lowest BCUT2D eigenvalue weighted by Gasteiger charge is -2.26. The minimum absolute atomic E-state index is 0.202. The molecular weight excluding hydrogens is 236 g/mol. The number of hydrogen-bond acceptors (Lipinski definition) is 5. The van der Waals surface area contributed by atoms with Gasteiger partial charge in [0, 0.05) is 36.7 Å². The maximum atomic E-state index is 11.6. The first-order valence-electron chi connectivity index (χ1n) is 5.45. The molecule has 0 saturated heterocycles. The molecule has 4 nitrogen and oxygen atoms in total. The third-order valence-electron chi connectivity index (χ3n) is 2.92. The maximum Gasteiger partial charge on any atom is 0.249 e. The zero-order valence-electron chi connectivity index (χ0n) is 10.1. The van der Waals surface area contributed by atoms with Gasteiger partial charge in [0.1, 0.15) is 0 Å². The van der Waals surface area contributed by atoms with E-state index in [1.807, 2.05) is 31.2 Å². The SMILES string of the molecule is CC(C)N(C)c1c(Cc2nccs2)c(=O)c1=O. The molecule has 1 heterocycles. The summed E-state index contributed by atoms with van der Waals surface area (Å²) in [5.74, 6) is 0. The smallest absolute Gasteiger partial charge is 0.249 e. The fourth-order valence-electron chi connectivity index (χ4n) is 1.71. The van der Waals surface area contributed by atoms with E-state index in [4.69, 9.17) is 0 Å². The molecule has 1 aromatic heterocycles. The van der Waals surface area contributed by atoms with Gasteiger partial charge < -0.3 is 4.90 Å². The fraction of sp³-hybridized carbons (Fsp3) is 0.417. The van der Waals surface area contributed by atoms with Crippen molar-refractivity contribution in [1.82, 2.24) is 4.98 Å². The fourth-order valence-corrected chi connectivity index (χ4v) is 2.34. The molecule has 1 aromatic carbocycles. The van der Waals surface area contributed by atoms with Crippen LogP contribution < -0.4 is 15.8 Å². The summed E-state index contributed by atoms with van der Waals surface area (Å²) < 4.78 is 0. The van der Waals surface area contributed by atoms with Gasteiger partial charge in [-0.15, -0.1) is 11.3 Å². The highest BCUT2D eigenvalue weighted by Gasteiger charge is 2.25. The minimum atomic E-state index is -0.368. The highest BCUT2D eigenvalue weighted by atomic mass is 32.1. The highest BCUT2D eigenvalue weighted by molar-refractivity contribution is 7.09. The van der Waals surface area contributed by atoms with Crippen molar-refractivity contribution in [2.45, 2.75) is 26.3 Å². The molecule has 2 aromatic rings. The van der Waals surface area contributed by atoms with Gasteiger partial charge in [0.05, 0.1) is 10.7 Å². The van der Waals surface area contributed by atoms with Crippen molar-refractivity contribution in [1.29, 1.82) is 0 Å². The summed E-state index contributed by atoms with van der Waals surface area (Å²) in [4.78, 5) is 29.1. The lowest BCUT2D eigenvalue weighted by molar-refractivity contribution is 0.742. The molecule has 0 fully saturated rings. The predicted octanol–water partition coefficient (Wildman–Crippen LogP) is 1.17. The number of aromatic nitrogens is 1. The Morgan fingerprint density at radius 2 is 2.06 bits per heavy atom. The molecule has 0 saturated carbocycles. The van der Waals surface area contributed by atoms with Gasteiger partial charge in [-0.1, -0.05) is 0 Å². The molecule has 0 N–H and O–H groups in total. The summed E-state index contributed by atoms with van der Waals surface area (Å²) in [5.41, 5.74) is 0.428. The lowest BCUT2D eigenvalue weighted by atomic mass is 10.0. The first kappa shape index (κ1) is 12.0. The van der Waals surface area contributed by atoms with Crippen LogP contribution >= 0.6 is 11.3 Å². The molecule has 0 bridgehead atoms. The van der Waals surface area contributed by atoms with Gasteiger partial charge >= 0.3 is 0 Å². The summed E-state index contributed by atoms with van der Waals surface area (Å²) in [6.45, 7) is 3.98. The van der Waals surface area contributed by atoms with Crippen LogP contribution in [0.2, 0.25) is 0 Å². The average Bonchev–Trinajstić information content (AvgIpc) is 2.80. The number of hydrogen-bond donors (Lipinski definition) is 0. The highest BCUT2D eigenvalue weighted by Crippen LogP contribution is 2.19. The van der Waals surface area contributed by atoms with E-state index in [0.29, 0.717) is 17.7 Å². The van der Waals surface area contributed by atoms with Crippen LogP contribution in [0.15, 0.2) is 21.2 Å². The Kier molecular flexibility index (Phi) is 3.11. The zero-order valence-corrected chi connectivity index (χ0v) is 10.9. The topological polar surface area (TPSA) is 50.3 Å². The van der Waals surface area contributed by atoms with Crippen molar-refractivity contribution < 1.29 is 0 Å². The largest absolute Gasteiger partial charge is 0.369 e. The number of anilines is 1. The summed E-state index contributed by atoms with van der Waals surface area (Å²) in [6.07, 6.45) is 2.17. The number of rotatable bonds is 4. The molecule has 17 heavy (non-hydrogen) atoms. The van der Waals surface area contributed by atoms with Crippen molar-refractivity contribution in [3.05, 3.63) is 42.6 Å².